The van der Waals surface area contributed by atoms with Gasteiger partial charge in [-0.2, -0.15) is 10.1 Å². The van der Waals surface area contributed by atoms with Crippen molar-refractivity contribution in [3.63, 3.8) is 0 Å². The SMILES string of the molecule is CNC(C)Cc1noc(-c2cnn(-c3ccc(Cl)cc3)c2C)n1.Cl. The molecular weight excluding hydrogens is 349 g/mol. The second-order valence-corrected chi connectivity index (χ2v) is 5.88. The van der Waals surface area contributed by atoms with Crippen molar-refractivity contribution in [2.24, 2.45) is 0 Å². The Bertz CT molecular complexity index is 797. The molecule has 0 radical (unpaired) electrons. The summed E-state index contributed by atoms with van der Waals surface area (Å²) in [5.74, 6) is 1.17. The molecule has 0 aliphatic rings. The zero-order chi connectivity index (χ0) is 16.4. The summed E-state index contributed by atoms with van der Waals surface area (Å²) in [4.78, 5) is 4.46. The van der Waals surface area contributed by atoms with Crippen molar-refractivity contribution in [2.75, 3.05) is 7.05 Å². The van der Waals surface area contributed by atoms with Crippen LogP contribution in [0.25, 0.3) is 17.1 Å². The second kappa shape index (κ2) is 7.79. The molecule has 0 bridgehead atoms. The van der Waals surface area contributed by atoms with Gasteiger partial charge in [0, 0.05) is 17.5 Å². The van der Waals surface area contributed by atoms with Gasteiger partial charge in [-0.3, -0.25) is 0 Å². The lowest BCUT2D eigenvalue weighted by Crippen LogP contribution is -2.24. The monoisotopic (exact) mass is 367 g/mol. The molecule has 2 heterocycles. The Hall–Kier alpha value is -1.89. The summed E-state index contributed by atoms with van der Waals surface area (Å²) in [5.41, 5.74) is 2.70. The molecule has 6 nitrogen and oxygen atoms in total. The first-order valence-electron chi connectivity index (χ1n) is 7.39. The van der Waals surface area contributed by atoms with Crippen molar-refractivity contribution in [1.29, 1.82) is 0 Å². The van der Waals surface area contributed by atoms with Crippen LogP contribution in [0.3, 0.4) is 0 Å². The third kappa shape index (κ3) is 3.77. The molecule has 0 saturated carbocycles. The number of nitrogens with one attached hydrogen (secondary N) is 1. The molecule has 3 rings (SSSR count). The van der Waals surface area contributed by atoms with Gasteiger partial charge in [-0.1, -0.05) is 16.8 Å². The molecule has 1 aromatic carbocycles. The van der Waals surface area contributed by atoms with E-state index in [0.29, 0.717) is 29.2 Å². The van der Waals surface area contributed by atoms with Gasteiger partial charge in [-0.05, 0) is 45.2 Å². The number of aromatic nitrogens is 4. The molecule has 0 fully saturated rings. The zero-order valence-electron chi connectivity index (χ0n) is 13.7. The van der Waals surface area contributed by atoms with Gasteiger partial charge in [0.25, 0.3) is 5.89 Å². The number of likely N-dealkylation sites (N-methyl/N-ethyl adjacent to an activating group) is 1. The fraction of sp³-hybridized carbons (Fsp3) is 0.312. The summed E-state index contributed by atoms with van der Waals surface area (Å²) in [6.45, 7) is 4.04. The Morgan fingerprint density at radius 3 is 2.67 bits per heavy atom. The van der Waals surface area contributed by atoms with E-state index in [9.17, 15) is 0 Å². The van der Waals surface area contributed by atoms with Crippen molar-refractivity contribution in [2.45, 2.75) is 26.3 Å². The average molecular weight is 368 g/mol. The van der Waals surface area contributed by atoms with Gasteiger partial charge >= 0.3 is 0 Å². The Morgan fingerprint density at radius 1 is 1.29 bits per heavy atom. The molecule has 1 N–H and O–H groups in total. The molecule has 0 saturated heterocycles. The molecule has 128 valence electrons. The van der Waals surface area contributed by atoms with Crippen LogP contribution in [0.15, 0.2) is 35.0 Å². The molecule has 1 atom stereocenters. The summed E-state index contributed by atoms with van der Waals surface area (Å²) in [7, 11) is 1.91. The van der Waals surface area contributed by atoms with E-state index in [1.54, 1.807) is 6.20 Å². The third-order valence-electron chi connectivity index (χ3n) is 3.76. The van der Waals surface area contributed by atoms with Gasteiger partial charge in [0.1, 0.15) is 0 Å². The quantitative estimate of drug-likeness (QED) is 0.747. The van der Waals surface area contributed by atoms with Gasteiger partial charge in [0.05, 0.1) is 23.1 Å². The molecule has 0 aliphatic carbocycles. The highest BCUT2D eigenvalue weighted by Crippen LogP contribution is 2.24. The Kier molecular flexibility index (Phi) is 5.99. The minimum Gasteiger partial charge on any atom is -0.334 e. The summed E-state index contributed by atoms with van der Waals surface area (Å²) in [6.07, 6.45) is 2.45. The van der Waals surface area contributed by atoms with Crippen molar-refractivity contribution in [3.05, 3.63) is 47.0 Å². The number of hydrogen-bond donors (Lipinski definition) is 1. The number of nitrogens with zero attached hydrogens (tertiary/aromatic N) is 4. The van der Waals surface area contributed by atoms with Gasteiger partial charge in [-0.25, -0.2) is 4.68 Å². The van der Waals surface area contributed by atoms with Crippen LogP contribution in [0.2, 0.25) is 5.02 Å². The maximum absolute atomic E-state index is 5.93. The minimum absolute atomic E-state index is 0. The average Bonchev–Trinajstić information content (AvgIpc) is 3.14. The van der Waals surface area contributed by atoms with Crippen LogP contribution >= 0.6 is 24.0 Å². The molecule has 2 aromatic heterocycles. The van der Waals surface area contributed by atoms with E-state index in [-0.39, 0.29) is 12.4 Å². The summed E-state index contributed by atoms with van der Waals surface area (Å²) < 4.78 is 7.21. The van der Waals surface area contributed by atoms with Crippen LogP contribution in [0, 0.1) is 6.92 Å². The second-order valence-electron chi connectivity index (χ2n) is 5.44. The molecule has 1 unspecified atom stereocenters. The molecular formula is C16H19Cl2N5O. The highest BCUT2D eigenvalue weighted by Gasteiger charge is 2.17. The van der Waals surface area contributed by atoms with E-state index >= 15 is 0 Å². The molecule has 0 aliphatic heterocycles. The van der Waals surface area contributed by atoms with Crippen LogP contribution in [0.1, 0.15) is 18.4 Å². The highest BCUT2D eigenvalue weighted by atomic mass is 35.5. The summed E-state index contributed by atoms with van der Waals surface area (Å²) in [5, 5.41) is 12.3. The van der Waals surface area contributed by atoms with Gasteiger partial charge in [0.2, 0.25) is 0 Å². The van der Waals surface area contributed by atoms with E-state index in [1.165, 1.54) is 0 Å². The maximum atomic E-state index is 5.93. The van der Waals surface area contributed by atoms with Crippen LogP contribution in [-0.4, -0.2) is 33.0 Å². The molecule has 3 aromatic rings. The van der Waals surface area contributed by atoms with E-state index in [0.717, 1.165) is 16.9 Å². The first-order valence-corrected chi connectivity index (χ1v) is 7.77. The molecule has 8 heteroatoms. The fourth-order valence-electron chi connectivity index (χ4n) is 2.28. The van der Waals surface area contributed by atoms with Gasteiger partial charge in [0.15, 0.2) is 5.82 Å². The first kappa shape index (κ1) is 18.4. The largest absolute Gasteiger partial charge is 0.334 e. The Labute approximate surface area is 151 Å². The van der Waals surface area contributed by atoms with E-state index in [2.05, 4.69) is 27.5 Å². The van der Waals surface area contributed by atoms with E-state index < -0.39 is 0 Å². The molecule has 24 heavy (non-hydrogen) atoms. The number of hydrogen-bond acceptors (Lipinski definition) is 5. The van der Waals surface area contributed by atoms with E-state index in [4.69, 9.17) is 16.1 Å². The number of benzene rings is 1. The lowest BCUT2D eigenvalue weighted by Gasteiger charge is -2.05. The minimum atomic E-state index is 0. The van der Waals surface area contributed by atoms with Crippen molar-refractivity contribution in [1.82, 2.24) is 25.2 Å². The van der Waals surface area contributed by atoms with Crippen LogP contribution in [0.5, 0.6) is 0 Å². The Balaban J connectivity index is 0.00000208. The summed E-state index contributed by atoms with van der Waals surface area (Å²) in [6, 6.07) is 7.79. The van der Waals surface area contributed by atoms with Gasteiger partial charge < -0.3 is 9.84 Å². The van der Waals surface area contributed by atoms with Crippen LogP contribution < -0.4 is 5.32 Å². The van der Waals surface area contributed by atoms with E-state index in [1.807, 2.05) is 42.9 Å². The van der Waals surface area contributed by atoms with Crippen molar-refractivity contribution in [3.8, 4) is 17.1 Å². The zero-order valence-corrected chi connectivity index (χ0v) is 15.2. The first-order chi connectivity index (χ1) is 11.1. The highest BCUT2D eigenvalue weighted by molar-refractivity contribution is 6.30. The normalized spacial score (nSPS) is 12.0. The lowest BCUT2D eigenvalue weighted by molar-refractivity contribution is 0.418. The molecule has 0 spiro atoms. The van der Waals surface area contributed by atoms with Crippen LogP contribution in [-0.2, 0) is 6.42 Å². The topological polar surface area (TPSA) is 68.8 Å². The molecule has 0 amide bonds. The van der Waals surface area contributed by atoms with Crippen molar-refractivity contribution >= 4 is 24.0 Å². The summed E-state index contributed by atoms with van der Waals surface area (Å²) >= 11 is 5.93. The predicted octanol–water partition coefficient (Wildman–Crippen LogP) is 3.46. The maximum Gasteiger partial charge on any atom is 0.261 e. The number of rotatable bonds is 5. The van der Waals surface area contributed by atoms with Gasteiger partial charge in [-0.15, -0.1) is 12.4 Å². The Morgan fingerprint density at radius 2 is 2.00 bits per heavy atom. The predicted molar refractivity (Wildman–Crippen MR) is 96.1 cm³/mol. The van der Waals surface area contributed by atoms with Crippen molar-refractivity contribution < 1.29 is 4.52 Å². The third-order valence-corrected chi connectivity index (χ3v) is 4.01. The number of halogens is 2. The van der Waals surface area contributed by atoms with Crippen LogP contribution in [0.4, 0.5) is 0 Å². The standard InChI is InChI=1S/C16H18ClN5O.ClH/c1-10(18-3)8-15-20-16(23-21-15)14-9-19-22(11(14)2)13-6-4-12(17)5-7-13;/h4-7,9-10,18H,8H2,1-3H3;1H. The lowest BCUT2D eigenvalue weighted by atomic mass is 10.2. The fourth-order valence-corrected chi connectivity index (χ4v) is 2.41. The smallest absolute Gasteiger partial charge is 0.261 e.